The van der Waals surface area contributed by atoms with Gasteiger partial charge in [0.2, 0.25) is 0 Å². The third-order valence-electron chi connectivity index (χ3n) is 3.19. The van der Waals surface area contributed by atoms with Crippen molar-refractivity contribution in [3.05, 3.63) is 69.0 Å². The number of nitrogens with zero attached hydrogens (tertiary/aromatic N) is 3. The van der Waals surface area contributed by atoms with E-state index in [1.54, 1.807) is 12.4 Å². The van der Waals surface area contributed by atoms with Crippen LogP contribution in [0.4, 0.5) is 5.69 Å². The van der Waals surface area contributed by atoms with Crippen molar-refractivity contribution in [2.45, 2.75) is 6.54 Å². The highest BCUT2D eigenvalue weighted by atomic mass is 16.6. The van der Waals surface area contributed by atoms with Crippen LogP contribution >= 0.6 is 0 Å². The number of hydrogen-bond acceptors (Lipinski definition) is 5. The van der Waals surface area contributed by atoms with E-state index in [-0.39, 0.29) is 11.3 Å². The Morgan fingerprint density at radius 3 is 2.65 bits per heavy atom. The summed E-state index contributed by atoms with van der Waals surface area (Å²) < 4.78 is 0. The zero-order chi connectivity index (χ0) is 14.1. The highest BCUT2D eigenvalue weighted by molar-refractivity contribution is 6.15. The van der Waals surface area contributed by atoms with E-state index in [0.29, 0.717) is 12.8 Å². The zero-order valence-electron chi connectivity index (χ0n) is 10.3. The molecule has 2 heterocycles. The Kier molecular flexibility index (Phi) is 2.83. The van der Waals surface area contributed by atoms with E-state index in [1.165, 1.54) is 12.1 Å². The molecule has 1 aromatic carbocycles. The van der Waals surface area contributed by atoms with Crippen LogP contribution in [0.5, 0.6) is 0 Å². The minimum absolute atomic E-state index is 0.0670. The van der Waals surface area contributed by atoms with Crippen molar-refractivity contribution < 1.29 is 9.72 Å². The van der Waals surface area contributed by atoms with Crippen LogP contribution < -0.4 is 0 Å². The Hall–Kier alpha value is -2.89. The van der Waals surface area contributed by atoms with Gasteiger partial charge in [0.1, 0.15) is 0 Å². The molecule has 0 N–H and O–H groups in total. The predicted octanol–water partition coefficient (Wildman–Crippen LogP) is 2.15. The molecule has 0 spiro atoms. The zero-order valence-corrected chi connectivity index (χ0v) is 10.3. The van der Waals surface area contributed by atoms with E-state index in [0.717, 1.165) is 22.4 Å². The van der Waals surface area contributed by atoms with Crippen molar-refractivity contribution in [1.82, 2.24) is 4.98 Å². The molecule has 0 bridgehead atoms. The number of aromatic nitrogens is 1. The number of hydrogen-bond donors (Lipinski definition) is 0. The minimum atomic E-state index is -0.547. The maximum Gasteiger partial charge on any atom is 0.280 e. The molecule has 2 aromatic rings. The summed E-state index contributed by atoms with van der Waals surface area (Å²) in [6.45, 7) is 0.382. The molecule has 0 fully saturated rings. The van der Waals surface area contributed by atoms with Gasteiger partial charge >= 0.3 is 0 Å². The standard InChI is InChI=1S/C14H9N3O3/c18-8-11-5-12-10(6-13(11)17(19)20)7-16-14(12)9-1-3-15-4-2-9/h1-6,8H,7H2. The van der Waals surface area contributed by atoms with Crippen molar-refractivity contribution in [1.29, 1.82) is 0 Å². The van der Waals surface area contributed by atoms with Gasteiger partial charge in [-0.3, -0.25) is 24.9 Å². The van der Waals surface area contributed by atoms with Gasteiger partial charge in [-0.2, -0.15) is 0 Å². The fourth-order valence-corrected chi connectivity index (χ4v) is 2.26. The Morgan fingerprint density at radius 2 is 2.00 bits per heavy atom. The number of benzene rings is 1. The smallest absolute Gasteiger partial charge is 0.280 e. The quantitative estimate of drug-likeness (QED) is 0.484. The Labute approximate surface area is 114 Å². The Morgan fingerprint density at radius 1 is 1.25 bits per heavy atom. The highest BCUT2D eigenvalue weighted by Gasteiger charge is 2.23. The number of rotatable bonds is 3. The molecule has 0 aliphatic carbocycles. The van der Waals surface area contributed by atoms with Crippen molar-refractivity contribution in [2.75, 3.05) is 0 Å². The van der Waals surface area contributed by atoms with Gasteiger partial charge in [0.05, 0.1) is 22.7 Å². The molecule has 1 aliphatic rings. The van der Waals surface area contributed by atoms with Crippen molar-refractivity contribution in [3.63, 3.8) is 0 Å². The SMILES string of the molecule is O=Cc1cc2c(cc1[N+](=O)[O-])CN=C2c1ccncc1. The molecule has 1 aliphatic heterocycles. The first-order chi connectivity index (χ1) is 9.70. The van der Waals surface area contributed by atoms with Crippen molar-refractivity contribution >= 4 is 17.7 Å². The minimum Gasteiger partial charge on any atom is -0.298 e. The summed E-state index contributed by atoms with van der Waals surface area (Å²) in [5, 5.41) is 10.9. The van der Waals surface area contributed by atoms with Crippen LogP contribution in [0.1, 0.15) is 27.0 Å². The average Bonchev–Trinajstić information content (AvgIpc) is 2.89. The first-order valence-electron chi connectivity index (χ1n) is 5.92. The Bertz CT molecular complexity index is 739. The van der Waals surface area contributed by atoms with Gasteiger partial charge in [0, 0.05) is 29.6 Å². The van der Waals surface area contributed by atoms with Gasteiger partial charge < -0.3 is 0 Å². The van der Waals surface area contributed by atoms with Gasteiger partial charge in [-0.25, -0.2) is 0 Å². The lowest BCUT2D eigenvalue weighted by atomic mass is 9.98. The fourth-order valence-electron chi connectivity index (χ4n) is 2.26. The van der Waals surface area contributed by atoms with Gasteiger partial charge in [-0.15, -0.1) is 0 Å². The van der Waals surface area contributed by atoms with Crippen LogP contribution in [0.15, 0.2) is 41.7 Å². The first-order valence-corrected chi connectivity index (χ1v) is 5.92. The second-order valence-electron chi connectivity index (χ2n) is 4.34. The number of nitro benzene ring substituents is 1. The molecular formula is C14H9N3O3. The summed E-state index contributed by atoms with van der Waals surface area (Å²) in [6.07, 6.45) is 3.81. The van der Waals surface area contributed by atoms with Crippen LogP contribution in [0.25, 0.3) is 0 Å². The lowest BCUT2D eigenvalue weighted by Gasteiger charge is -2.05. The molecule has 0 radical (unpaired) electrons. The van der Waals surface area contributed by atoms with Gasteiger partial charge in [-0.05, 0) is 23.8 Å². The molecule has 0 saturated carbocycles. The number of nitro groups is 1. The summed E-state index contributed by atoms with van der Waals surface area (Å²) in [4.78, 5) is 29.7. The third-order valence-corrected chi connectivity index (χ3v) is 3.19. The number of carbonyl (C=O) groups excluding carboxylic acids is 1. The van der Waals surface area contributed by atoms with Crippen LogP contribution in [-0.4, -0.2) is 21.9 Å². The molecule has 0 unspecified atom stereocenters. The van der Waals surface area contributed by atoms with E-state index in [2.05, 4.69) is 9.98 Å². The third kappa shape index (κ3) is 1.87. The summed E-state index contributed by atoms with van der Waals surface area (Å²) in [5.74, 6) is 0. The molecule has 0 amide bonds. The lowest BCUT2D eigenvalue weighted by molar-refractivity contribution is -0.385. The molecule has 98 valence electrons. The van der Waals surface area contributed by atoms with Crippen LogP contribution in [0.2, 0.25) is 0 Å². The molecule has 3 rings (SSSR count). The van der Waals surface area contributed by atoms with Gasteiger partial charge in [0.25, 0.3) is 5.69 Å². The second-order valence-corrected chi connectivity index (χ2v) is 4.34. The molecule has 6 heteroatoms. The number of aliphatic imine (C=N–C) groups is 1. The molecular weight excluding hydrogens is 258 g/mol. The number of aldehydes is 1. The van der Waals surface area contributed by atoms with Crippen LogP contribution in [-0.2, 0) is 6.54 Å². The van der Waals surface area contributed by atoms with Crippen molar-refractivity contribution in [3.8, 4) is 0 Å². The normalized spacial score (nSPS) is 12.7. The molecule has 0 saturated heterocycles. The van der Waals surface area contributed by atoms with Crippen LogP contribution in [0.3, 0.4) is 0 Å². The first kappa shape index (κ1) is 12.2. The molecule has 1 aromatic heterocycles. The van der Waals surface area contributed by atoms with E-state index in [4.69, 9.17) is 0 Å². The number of pyridine rings is 1. The van der Waals surface area contributed by atoms with Gasteiger partial charge in [0.15, 0.2) is 6.29 Å². The lowest BCUT2D eigenvalue weighted by Crippen LogP contribution is -2.04. The monoisotopic (exact) mass is 267 g/mol. The topological polar surface area (TPSA) is 85.5 Å². The van der Waals surface area contributed by atoms with Crippen molar-refractivity contribution in [2.24, 2.45) is 4.99 Å². The molecule has 6 nitrogen and oxygen atoms in total. The maximum absolute atomic E-state index is 11.0. The highest BCUT2D eigenvalue weighted by Crippen LogP contribution is 2.29. The van der Waals surface area contributed by atoms with Gasteiger partial charge in [-0.1, -0.05) is 0 Å². The number of carbonyl (C=O) groups is 1. The maximum atomic E-state index is 11.0. The predicted molar refractivity (Wildman–Crippen MR) is 72.1 cm³/mol. The number of fused-ring (bicyclic) bond motifs is 1. The average molecular weight is 267 g/mol. The Balaban J connectivity index is 2.14. The summed E-state index contributed by atoms with van der Waals surface area (Å²) in [5.41, 5.74) is 3.03. The second kappa shape index (κ2) is 4.65. The van der Waals surface area contributed by atoms with E-state index >= 15 is 0 Å². The summed E-state index contributed by atoms with van der Waals surface area (Å²) in [7, 11) is 0. The summed E-state index contributed by atoms with van der Waals surface area (Å²) >= 11 is 0. The van der Waals surface area contributed by atoms with E-state index in [9.17, 15) is 14.9 Å². The van der Waals surface area contributed by atoms with E-state index < -0.39 is 4.92 Å². The molecule has 20 heavy (non-hydrogen) atoms. The fraction of sp³-hybridized carbons (Fsp3) is 0.0714. The summed E-state index contributed by atoms with van der Waals surface area (Å²) in [6, 6.07) is 6.59. The molecule has 0 atom stereocenters. The van der Waals surface area contributed by atoms with E-state index in [1.807, 2.05) is 12.1 Å². The van der Waals surface area contributed by atoms with Crippen LogP contribution in [0, 0.1) is 10.1 Å². The largest absolute Gasteiger partial charge is 0.298 e.